The summed E-state index contributed by atoms with van der Waals surface area (Å²) in [6, 6.07) is 0. The monoisotopic (exact) mass is 173 g/mol. The third kappa shape index (κ3) is 11.9. The smallest absolute Gasteiger partial charge is 0.330 e. The van der Waals surface area contributed by atoms with Crippen LogP contribution in [-0.4, -0.2) is 25.2 Å². The second-order valence-electron chi connectivity index (χ2n) is 2.48. The van der Waals surface area contributed by atoms with Crippen LogP contribution < -0.4 is 5.32 Å². The number of carbonyl (C=O) groups is 1. The molecule has 0 spiro atoms. The van der Waals surface area contributed by atoms with E-state index in [4.69, 9.17) is 5.11 Å². The van der Waals surface area contributed by atoms with Crippen LogP contribution >= 0.6 is 0 Å². The average Bonchev–Trinajstić information content (AvgIpc) is 2.01. The standard InChI is InChI=1S/C7H12O2.C2H7N/c1-3-4-5-6(2)7(8)9;1-3-2/h5H,3-4H2,1-2H3,(H,8,9);3H,1-2H3. The van der Waals surface area contributed by atoms with Gasteiger partial charge in [0, 0.05) is 5.57 Å². The molecule has 0 atom stereocenters. The number of allylic oxidation sites excluding steroid dienone is 1. The summed E-state index contributed by atoms with van der Waals surface area (Å²) in [5.74, 6) is -0.816. The summed E-state index contributed by atoms with van der Waals surface area (Å²) >= 11 is 0. The van der Waals surface area contributed by atoms with Gasteiger partial charge in [0.25, 0.3) is 0 Å². The van der Waals surface area contributed by atoms with Crippen LogP contribution in [0.25, 0.3) is 0 Å². The molecule has 0 rings (SSSR count). The SMILES string of the molecule is CCCC=C(C)C(=O)O.CNC. The lowest BCUT2D eigenvalue weighted by atomic mass is 10.2. The molecule has 0 aromatic carbocycles. The molecule has 0 saturated carbocycles. The van der Waals surface area contributed by atoms with Gasteiger partial charge in [-0.15, -0.1) is 0 Å². The molecule has 0 aliphatic carbocycles. The summed E-state index contributed by atoms with van der Waals surface area (Å²) in [4.78, 5) is 10.1. The van der Waals surface area contributed by atoms with E-state index in [1.165, 1.54) is 0 Å². The van der Waals surface area contributed by atoms with E-state index in [0.717, 1.165) is 12.8 Å². The summed E-state index contributed by atoms with van der Waals surface area (Å²) in [6.45, 7) is 3.63. The van der Waals surface area contributed by atoms with Crippen LogP contribution in [0.3, 0.4) is 0 Å². The molecule has 3 nitrogen and oxygen atoms in total. The van der Waals surface area contributed by atoms with E-state index >= 15 is 0 Å². The van der Waals surface area contributed by atoms with Gasteiger partial charge in [0.15, 0.2) is 0 Å². The van der Waals surface area contributed by atoms with E-state index in [1.807, 2.05) is 21.0 Å². The summed E-state index contributed by atoms with van der Waals surface area (Å²) in [7, 11) is 3.75. The largest absolute Gasteiger partial charge is 0.478 e. The van der Waals surface area contributed by atoms with Gasteiger partial charge in [-0.25, -0.2) is 4.79 Å². The molecule has 0 aliphatic heterocycles. The van der Waals surface area contributed by atoms with Crippen molar-refractivity contribution in [3.63, 3.8) is 0 Å². The Morgan fingerprint density at radius 3 is 2.17 bits per heavy atom. The van der Waals surface area contributed by atoms with Crippen molar-refractivity contribution in [2.75, 3.05) is 14.1 Å². The van der Waals surface area contributed by atoms with Crippen LogP contribution in [0.4, 0.5) is 0 Å². The molecule has 0 heterocycles. The number of hydrogen-bond donors (Lipinski definition) is 2. The zero-order valence-electron chi connectivity index (χ0n) is 8.35. The fourth-order valence-electron chi connectivity index (χ4n) is 0.448. The van der Waals surface area contributed by atoms with Gasteiger partial charge in [-0.3, -0.25) is 0 Å². The molecule has 0 bridgehead atoms. The zero-order chi connectivity index (χ0) is 9.98. The second-order valence-corrected chi connectivity index (χ2v) is 2.48. The Hall–Kier alpha value is -0.830. The normalized spacial score (nSPS) is 10.2. The van der Waals surface area contributed by atoms with Crippen LogP contribution in [0.1, 0.15) is 26.7 Å². The Bertz CT molecular complexity index is 141. The summed E-state index contributed by atoms with van der Waals surface area (Å²) in [5, 5.41) is 11.1. The maximum Gasteiger partial charge on any atom is 0.330 e. The van der Waals surface area contributed by atoms with Gasteiger partial charge in [-0.2, -0.15) is 0 Å². The number of aliphatic carboxylic acids is 1. The molecular formula is C9H19NO2. The highest BCUT2D eigenvalue weighted by Gasteiger charge is 1.95. The Balaban J connectivity index is 0. The van der Waals surface area contributed by atoms with Crippen LogP contribution in [-0.2, 0) is 4.79 Å². The van der Waals surface area contributed by atoms with E-state index in [-0.39, 0.29) is 0 Å². The van der Waals surface area contributed by atoms with Gasteiger partial charge in [0.05, 0.1) is 0 Å². The minimum absolute atomic E-state index is 0.442. The van der Waals surface area contributed by atoms with Crippen LogP contribution in [0.2, 0.25) is 0 Å². The molecular weight excluding hydrogens is 154 g/mol. The summed E-state index contributed by atoms with van der Waals surface area (Å²) in [6.07, 6.45) is 3.60. The lowest BCUT2D eigenvalue weighted by Crippen LogP contribution is -1.95. The fraction of sp³-hybridized carbons (Fsp3) is 0.667. The Morgan fingerprint density at radius 2 is 1.92 bits per heavy atom. The minimum atomic E-state index is -0.816. The molecule has 0 aromatic rings. The van der Waals surface area contributed by atoms with Crippen molar-refractivity contribution in [3.8, 4) is 0 Å². The lowest BCUT2D eigenvalue weighted by molar-refractivity contribution is -0.132. The number of hydrogen-bond acceptors (Lipinski definition) is 2. The van der Waals surface area contributed by atoms with Crippen molar-refractivity contribution < 1.29 is 9.90 Å². The first-order valence-corrected chi connectivity index (χ1v) is 4.08. The van der Waals surface area contributed by atoms with E-state index < -0.39 is 5.97 Å². The van der Waals surface area contributed by atoms with Gasteiger partial charge < -0.3 is 10.4 Å². The molecule has 0 amide bonds. The maximum absolute atomic E-state index is 10.1. The molecule has 72 valence electrons. The third-order valence-corrected chi connectivity index (χ3v) is 1.08. The third-order valence-electron chi connectivity index (χ3n) is 1.08. The van der Waals surface area contributed by atoms with Crippen molar-refractivity contribution in [1.82, 2.24) is 5.32 Å². The van der Waals surface area contributed by atoms with Gasteiger partial charge in [0.2, 0.25) is 0 Å². The highest BCUT2D eigenvalue weighted by molar-refractivity contribution is 5.85. The minimum Gasteiger partial charge on any atom is -0.478 e. The first kappa shape index (κ1) is 13.7. The number of nitrogens with one attached hydrogen (secondary N) is 1. The molecule has 0 fully saturated rings. The predicted molar refractivity (Wildman–Crippen MR) is 51.3 cm³/mol. The van der Waals surface area contributed by atoms with Gasteiger partial charge in [-0.1, -0.05) is 19.4 Å². The highest BCUT2D eigenvalue weighted by Crippen LogP contribution is 1.96. The molecule has 0 aromatic heterocycles. The average molecular weight is 173 g/mol. The second kappa shape index (κ2) is 10.2. The molecule has 12 heavy (non-hydrogen) atoms. The number of carboxylic acid groups (broad SMARTS) is 1. The fourth-order valence-corrected chi connectivity index (χ4v) is 0.448. The first-order chi connectivity index (χ1) is 5.59. The van der Waals surface area contributed by atoms with E-state index in [1.54, 1.807) is 13.0 Å². The Morgan fingerprint density at radius 1 is 1.50 bits per heavy atom. The number of rotatable bonds is 3. The quantitative estimate of drug-likeness (QED) is 0.638. The first-order valence-electron chi connectivity index (χ1n) is 4.08. The summed E-state index contributed by atoms with van der Waals surface area (Å²) < 4.78 is 0. The summed E-state index contributed by atoms with van der Waals surface area (Å²) in [5.41, 5.74) is 0.442. The number of unbranched alkanes of at least 4 members (excludes halogenated alkanes) is 1. The molecule has 0 radical (unpaired) electrons. The van der Waals surface area contributed by atoms with E-state index in [9.17, 15) is 4.79 Å². The zero-order valence-corrected chi connectivity index (χ0v) is 8.35. The Labute approximate surface area is 74.5 Å². The van der Waals surface area contributed by atoms with Crippen molar-refractivity contribution in [3.05, 3.63) is 11.6 Å². The van der Waals surface area contributed by atoms with Crippen molar-refractivity contribution >= 4 is 5.97 Å². The molecule has 2 N–H and O–H groups in total. The predicted octanol–water partition coefficient (Wildman–Crippen LogP) is 1.65. The van der Waals surface area contributed by atoms with Crippen molar-refractivity contribution in [1.29, 1.82) is 0 Å². The van der Waals surface area contributed by atoms with E-state index in [0.29, 0.717) is 5.57 Å². The topological polar surface area (TPSA) is 49.3 Å². The molecule has 3 heteroatoms. The number of carboxylic acids is 1. The van der Waals surface area contributed by atoms with Crippen LogP contribution in [0.15, 0.2) is 11.6 Å². The van der Waals surface area contributed by atoms with Gasteiger partial charge in [0.1, 0.15) is 0 Å². The van der Waals surface area contributed by atoms with Crippen molar-refractivity contribution in [2.24, 2.45) is 0 Å². The molecule has 0 aliphatic rings. The van der Waals surface area contributed by atoms with Crippen LogP contribution in [0, 0.1) is 0 Å². The van der Waals surface area contributed by atoms with Crippen LogP contribution in [0.5, 0.6) is 0 Å². The van der Waals surface area contributed by atoms with Gasteiger partial charge in [-0.05, 0) is 27.4 Å². The molecule has 0 unspecified atom stereocenters. The lowest BCUT2D eigenvalue weighted by Gasteiger charge is -1.89. The Kier molecular flexibility index (Phi) is 11.6. The maximum atomic E-state index is 10.1. The van der Waals surface area contributed by atoms with Crippen molar-refractivity contribution in [2.45, 2.75) is 26.7 Å². The molecule has 0 saturated heterocycles. The van der Waals surface area contributed by atoms with E-state index in [2.05, 4.69) is 5.32 Å². The highest BCUT2D eigenvalue weighted by atomic mass is 16.4. The van der Waals surface area contributed by atoms with Gasteiger partial charge >= 0.3 is 5.97 Å².